The van der Waals surface area contributed by atoms with E-state index in [1.54, 1.807) is 37.3 Å². The molecule has 0 saturated carbocycles. The second-order valence-corrected chi connectivity index (χ2v) is 6.13. The highest BCUT2D eigenvalue weighted by molar-refractivity contribution is 5.96. The van der Waals surface area contributed by atoms with Crippen LogP contribution in [0.15, 0.2) is 54.9 Å². The maximum atomic E-state index is 12.3. The highest BCUT2D eigenvalue weighted by atomic mass is 16.6. The van der Waals surface area contributed by atoms with Crippen molar-refractivity contribution in [1.29, 1.82) is 0 Å². The molecule has 1 heterocycles. The number of aryl methyl sites for hydroxylation is 2. The lowest BCUT2D eigenvalue weighted by Gasteiger charge is -2.11. The van der Waals surface area contributed by atoms with Crippen LogP contribution in [0.1, 0.15) is 28.4 Å². The second kappa shape index (κ2) is 8.79. The Morgan fingerprint density at radius 2 is 1.86 bits per heavy atom. The molecule has 0 saturated heterocycles. The van der Waals surface area contributed by atoms with Gasteiger partial charge in [0.2, 0.25) is 5.82 Å². The summed E-state index contributed by atoms with van der Waals surface area (Å²) in [6.07, 6.45) is 1.98. The number of aromatic nitrogens is 2. The molecule has 0 aliphatic rings. The van der Waals surface area contributed by atoms with Crippen molar-refractivity contribution in [3.05, 3.63) is 81.7 Å². The first kappa shape index (κ1) is 19.7. The number of nitrogens with zero attached hydrogens (tertiary/aromatic N) is 3. The molecule has 0 spiro atoms. The molecule has 148 valence electrons. The number of carbonyl (C=O) groups excluding carboxylic acids is 1. The predicted molar refractivity (Wildman–Crippen MR) is 107 cm³/mol. The number of carbonyl (C=O) groups is 1. The Morgan fingerprint density at radius 1 is 1.14 bits per heavy atom. The third-order valence-corrected chi connectivity index (χ3v) is 4.20. The maximum Gasteiger partial charge on any atom is 0.374 e. The van der Waals surface area contributed by atoms with E-state index in [1.165, 1.54) is 0 Å². The van der Waals surface area contributed by atoms with Gasteiger partial charge in [0, 0.05) is 5.56 Å². The summed E-state index contributed by atoms with van der Waals surface area (Å²) >= 11 is 0. The first-order chi connectivity index (χ1) is 14.0. The second-order valence-electron chi connectivity index (χ2n) is 6.13. The molecule has 29 heavy (non-hydrogen) atoms. The normalized spacial score (nSPS) is 10.3. The standard InChI is InChI=1S/C20H19N5O4/c1-3-14-8-10-15(11-9-14)29-20-17(25(27)28)18(21-12-22-20)23-24-19(26)16-7-5-4-6-13(16)2/h4-12H,3H2,1-2H3,(H,24,26)(H,21,22,23). The van der Waals surface area contributed by atoms with Gasteiger partial charge in [0.15, 0.2) is 0 Å². The summed E-state index contributed by atoms with van der Waals surface area (Å²) in [5.41, 5.74) is 6.73. The Labute approximate surface area is 166 Å². The molecule has 2 N–H and O–H groups in total. The zero-order valence-electron chi connectivity index (χ0n) is 15.9. The van der Waals surface area contributed by atoms with E-state index in [4.69, 9.17) is 4.74 Å². The fraction of sp³-hybridized carbons (Fsp3) is 0.150. The molecule has 1 aromatic heterocycles. The summed E-state index contributed by atoms with van der Waals surface area (Å²) in [6, 6.07) is 14.1. The molecule has 0 unspecified atom stereocenters. The number of ether oxygens (including phenoxy) is 1. The summed E-state index contributed by atoms with van der Waals surface area (Å²) in [5, 5.41) is 11.6. The van der Waals surface area contributed by atoms with Crippen LogP contribution in [0.2, 0.25) is 0 Å². The Morgan fingerprint density at radius 3 is 2.52 bits per heavy atom. The quantitative estimate of drug-likeness (QED) is 0.463. The van der Waals surface area contributed by atoms with Crippen LogP contribution in [0.5, 0.6) is 11.6 Å². The number of hydrogen-bond donors (Lipinski definition) is 2. The molecule has 2 aromatic carbocycles. The van der Waals surface area contributed by atoms with E-state index in [1.807, 2.05) is 25.1 Å². The topological polar surface area (TPSA) is 119 Å². The number of amides is 1. The van der Waals surface area contributed by atoms with E-state index >= 15 is 0 Å². The monoisotopic (exact) mass is 393 g/mol. The zero-order valence-corrected chi connectivity index (χ0v) is 15.9. The first-order valence-corrected chi connectivity index (χ1v) is 8.87. The van der Waals surface area contributed by atoms with E-state index < -0.39 is 16.5 Å². The molecule has 0 radical (unpaired) electrons. The summed E-state index contributed by atoms with van der Waals surface area (Å²) in [5.74, 6) is -0.471. The fourth-order valence-electron chi connectivity index (χ4n) is 2.61. The maximum absolute atomic E-state index is 12.3. The summed E-state index contributed by atoms with van der Waals surface area (Å²) in [7, 11) is 0. The van der Waals surface area contributed by atoms with Gasteiger partial charge in [0.05, 0.1) is 4.92 Å². The predicted octanol–water partition coefficient (Wildman–Crippen LogP) is 3.80. The third-order valence-electron chi connectivity index (χ3n) is 4.20. The molecule has 9 nitrogen and oxygen atoms in total. The average molecular weight is 393 g/mol. The minimum atomic E-state index is -0.669. The Balaban J connectivity index is 1.82. The number of benzene rings is 2. The van der Waals surface area contributed by atoms with Crippen LogP contribution in [-0.4, -0.2) is 20.8 Å². The van der Waals surface area contributed by atoms with Gasteiger partial charge in [-0.2, -0.15) is 4.98 Å². The number of nitrogens with one attached hydrogen (secondary N) is 2. The van der Waals surface area contributed by atoms with Crippen molar-refractivity contribution in [3.8, 4) is 11.6 Å². The van der Waals surface area contributed by atoms with Crippen molar-refractivity contribution in [2.75, 3.05) is 5.43 Å². The van der Waals surface area contributed by atoms with Gasteiger partial charge < -0.3 is 4.74 Å². The molecule has 0 aliphatic heterocycles. The van der Waals surface area contributed by atoms with Crippen LogP contribution in [0.25, 0.3) is 0 Å². The number of rotatable bonds is 7. The van der Waals surface area contributed by atoms with Gasteiger partial charge in [-0.05, 0) is 42.7 Å². The molecule has 0 aliphatic carbocycles. The average Bonchev–Trinajstić information content (AvgIpc) is 2.72. The van der Waals surface area contributed by atoms with Crippen molar-refractivity contribution in [2.24, 2.45) is 0 Å². The lowest BCUT2D eigenvalue weighted by molar-refractivity contribution is -0.385. The lowest BCUT2D eigenvalue weighted by atomic mass is 10.1. The van der Waals surface area contributed by atoms with Gasteiger partial charge in [-0.1, -0.05) is 37.3 Å². The lowest BCUT2D eigenvalue weighted by Crippen LogP contribution is -2.30. The van der Waals surface area contributed by atoms with Crippen LogP contribution in [0.4, 0.5) is 11.5 Å². The molecule has 9 heteroatoms. The molecular formula is C20H19N5O4. The molecule has 0 atom stereocenters. The molecule has 0 bridgehead atoms. The highest BCUT2D eigenvalue weighted by Gasteiger charge is 2.25. The van der Waals surface area contributed by atoms with Crippen LogP contribution >= 0.6 is 0 Å². The van der Waals surface area contributed by atoms with Gasteiger partial charge in [0.25, 0.3) is 5.91 Å². The van der Waals surface area contributed by atoms with Crippen LogP contribution in [0.3, 0.4) is 0 Å². The number of anilines is 1. The fourth-order valence-corrected chi connectivity index (χ4v) is 2.61. The van der Waals surface area contributed by atoms with Crippen molar-refractivity contribution in [1.82, 2.24) is 15.4 Å². The summed E-state index contributed by atoms with van der Waals surface area (Å²) < 4.78 is 5.58. The van der Waals surface area contributed by atoms with E-state index in [2.05, 4.69) is 20.8 Å². The highest BCUT2D eigenvalue weighted by Crippen LogP contribution is 2.33. The first-order valence-electron chi connectivity index (χ1n) is 8.87. The van der Waals surface area contributed by atoms with E-state index in [-0.39, 0.29) is 11.7 Å². The molecule has 0 fully saturated rings. The van der Waals surface area contributed by atoms with Crippen LogP contribution in [-0.2, 0) is 6.42 Å². The SMILES string of the molecule is CCc1ccc(Oc2ncnc(NNC(=O)c3ccccc3C)c2[N+](=O)[O-])cc1. The van der Waals surface area contributed by atoms with E-state index in [0.717, 1.165) is 23.9 Å². The van der Waals surface area contributed by atoms with Crippen LogP contribution < -0.4 is 15.6 Å². The van der Waals surface area contributed by atoms with Crippen molar-refractivity contribution in [3.63, 3.8) is 0 Å². The van der Waals surface area contributed by atoms with Gasteiger partial charge in [-0.3, -0.25) is 25.8 Å². The van der Waals surface area contributed by atoms with Crippen molar-refractivity contribution >= 4 is 17.4 Å². The zero-order chi connectivity index (χ0) is 20.8. The molecule has 3 aromatic rings. The molecule has 1 amide bonds. The Kier molecular flexibility index (Phi) is 5.98. The van der Waals surface area contributed by atoms with Gasteiger partial charge in [0.1, 0.15) is 12.1 Å². The van der Waals surface area contributed by atoms with E-state index in [9.17, 15) is 14.9 Å². The van der Waals surface area contributed by atoms with Crippen molar-refractivity contribution in [2.45, 2.75) is 20.3 Å². The largest absolute Gasteiger partial charge is 0.434 e. The minimum absolute atomic E-state index is 0.188. The van der Waals surface area contributed by atoms with Gasteiger partial charge >= 0.3 is 11.6 Å². The minimum Gasteiger partial charge on any atom is -0.434 e. The smallest absolute Gasteiger partial charge is 0.374 e. The van der Waals surface area contributed by atoms with E-state index in [0.29, 0.717) is 11.3 Å². The van der Waals surface area contributed by atoms with Crippen LogP contribution in [0, 0.1) is 17.0 Å². The molecular weight excluding hydrogens is 374 g/mol. The number of hydrazine groups is 1. The van der Waals surface area contributed by atoms with Gasteiger partial charge in [-0.25, -0.2) is 4.98 Å². The van der Waals surface area contributed by atoms with Crippen molar-refractivity contribution < 1.29 is 14.5 Å². The summed E-state index contributed by atoms with van der Waals surface area (Å²) in [6.45, 7) is 3.81. The number of hydrogen-bond acceptors (Lipinski definition) is 7. The van der Waals surface area contributed by atoms with Gasteiger partial charge in [-0.15, -0.1) is 0 Å². The Bertz CT molecular complexity index is 1040. The Hall–Kier alpha value is -4.01. The number of nitro groups is 1. The third kappa shape index (κ3) is 4.64. The molecule has 3 rings (SSSR count). The summed E-state index contributed by atoms with van der Waals surface area (Å²) in [4.78, 5) is 31.0.